The van der Waals surface area contributed by atoms with E-state index in [2.05, 4.69) is 11.0 Å². The Morgan fingerprint density at radius 2 is 1.39 bits per heavy atom. The topological polar surface area (TPSA) is 61.9 Å². The van der Waals surface area contributed by atoms with Crippen LogP contribution in [0.1, 0.15) is 38.3 Å². The van der Waals surface area contributed by atoms with Crippen molar-refractivity contribution in [2.45, 2.75) is 20.0 Å². The predicted octanol–water partition coefficient (Wildman–Crippen LogP) is 7.14. The number of carbonyl (C=O) groups excluding carboxylic acids is 1. The van der Waals surface area contributed by atoms with Crippen LogP contribution in [0.15, 0.2) is 109 Å². The van der Waals surface area contributed by atoms with Gasteiger partial charge in [0.15, 0.2) is 11.5 Å². The predicted molar refractivity (Wildman–Crippen MR) is 151 cm³/mol. The van der Waals surface area contributed by atoms with Gasteiger partial charge in [0.05, 0.1) is 5.69 Å². The molecule has 0 bridgehead atoms. The van der Waals surface area contributed by atoms with E-state index in [1.807, 2.05) is 91.9 Å². The number of hydrogen-bond acceptors (Lipinski definition) is 4. The molecule has 0 amide bonds. The average Bonchev–Trinajstić information content (AvgIpc) is 3.34. The summed E-state index contributed by atoms with van der Waals surface area (Å²) in [6.07, 6.45) is 0. The van der Waals surface area contributed by atoms with Gasteiger partial charge in [-0.1, -0.05) is 102 Å². The molecule has 1 aromatic heterocycles. The summed E-state index contributed by atoms with van der Waals surface area (Å²) in [6.45, 7) is 3.00. The van der Waals surface area contributed by atoms with Gasteiger partial charge < -0.3 is 4.90 Å². The molecule has 0 aliphatic carbocycles. The number of carbonyl (C=O) groups is 1. The maximum atomic E-state index is 13.7. The van der Waals surface area contributed by atoms with Crippen LogP contribution in [0.5, 0.6) is 0 Å². The number of nitrogens with zero attached hydrogens (tertiary/aromatic N) is 4. The Morgan fingerprint density at radius 3 is 1.92 bits per heavy atom. The van der Waals surface area contributed by atoms with E-state index >= 15 is 0 Å². The number of benzene rings is 4. The zero-order valence-corrected chi connectivity index (χ0v) is 21.6. The highest BCUT2D eigenvalue weighted by Crippen LogP contribution is 2.31. The molecule has 0 fully saturated rings. The third kappa shape index (κ3) is 5.36. The van der Waals surface area contributed by atoms with Crippen LogP contribution in [-0.4, -0.2) is 15.6 Å². The number of hydrogen-bond donors (Lipinski definition) is 0. The van der Waals surface area contributed by atoms with Crippen LogP contribution >= 0.6 is 11.6 Å². The molecular formula is C32H25ClN4O. The van der Waals surface area contributed by atoms with Crippen molar-refractivity contribution >= 4 is 23.2 Å². The van der Waals surface area contributed by atoms with Gasteiger partial charge in [-0.2, -0.15) is 10.4 Å². The van der Waals surface area contributed by atoms with Crippen LogP contribution < -0.4 is 4.90 Å². The standard InChI is InChI=1S/C32H25ClN4O/c1-23-12-14-26(15-13-23)31(38)30-29(20-34)32(37(35-30)28-18-16-27(33)17-19-28)36(21-24-8-4-2-5-9-24)22-25-10-6-3-7-11-25/h2-19H,21-22H2,1H3. The fourth-order valence-corrected chi connectivity index (χ4v) is 4.51. The zero-order chi connectivity index (χ0) is 26.5. The Hall–Kier alpha value is -4.66. The first kappa shape index (κ1) is 25.0. The molecule has 5 aromatic rings. The summed E-state index contributed by atoms with van der Waals surface area (Å²) in [4.78, 5) is 15.8. The third-order valence-electron chi connectivity index (χ3n) is 6.30. The molecule has 186 valence electrons. The number of halogens is 1. The normalized spacial score (nSPS) is 10.7. The molecule has 38 heavy (non-hydrogen) atoms. The van der Waals surface area contributed by atoms with Crippen molar-refractivity contribution in [2.24, 2.45) is 0 Å². The molecule has 0 aliphatic heterocycles. The molecule has 0 spiro atoms. The maximum Gasteiger partial charge on any atom is 0.214 e. The van der Waals surface area contributed by atoms with Gasteiger partial charge in [-0.3, -0.25) is 4.79 Å². The lowest BCUT2D eigenvalue weighted by Crippen LogP contribution is -2.25. The molecule has 0 aliphatic rings. The first-order valence-electron chi connectivity index (χ1n) is 12.3. The van der Waals surface area contributed by atoms with E-state index in [0.29, 0.717) is 35.2 Å². The second kappa shape index (κ2) is 11.2. The van der Waals surface area contributed by atoms with E-state index in [9.17, 15) is 10.1 Å². The first-order valence-corrected chi connectivity index (χ1v) is 12.6. The molecule has 0 atom stereocenters. The summed E-state index contributed by atoms with van der Waals surface area (Å²) in [6, 6.07) is 36.9. The lowest BCUT2D eigenvalue weighted by molar-refractivity contribution is 0.103. The summed E-state index contributed by atoms with van der Waals surface area (Å²) in [7, 11) is 0. The van der Waals surface area contributed by atoms with E-state index in [-0.39, 0.29) is 17.0 Å². The van der Waals surface area contributed by atoms with Gasteiger partial charge in [0.25, 0.3) is 0 Å². The molecule has 4 aromatic carbocycles. The number of aryl methyl sites for hydroxylation is 1. The van der Waals surface area contributed by atoms with Gasteiger partial charge in [0, 0.05) is 23.7 Å². The second-order valence-corrected chi connectivity index (χ2v) is 9.51. The second-order valence-electron chi connectivity index (χ2n) is 9.07. The highest BCUT2D eigenvalue weighted by molar-refractivity contribution is 6.30. The first-order chi connectivity index (χ1) is 18.5. The lowest BCUT2D eigenvalue weighted by Gasteiger charge is -2.26. The van der Waals surface area contributed by atoms with Crippen molar-refractivity contribution in [1.82, 2.24) is 9.78 Å². The van der Waals surface area contributed by atoms with E-state index in [0.717, 1.165) is 16.7 Å². The Kier molecular flexibility index (Phi) is 7.35. The maximum absolute atomic E-state index is 13.7. The molecule has 5 rings (SSSR count). The Morgan fingerprint density at radius 1 is 0.842 bits per heavy atom. The minimum absolute atomic E-state index is 0.118. The molecule has 6 heteroatoms. The monoisotopic (exact) mass is 516 g/mol. The minimum atomic E-state index is -0.296. The molecular weight excluding hydrogens is 492 g/mol. The summed E-state index contributed by atoms with van der Waals surface area (Å²) in [5.41, 5.74) is 4.73. The number of aromatic nitrogens is 2. The molecule has 0 unspecified atom stereocenters. The van der Waals surface area contributed by atoms with Crippen molar-refractivity contribution in [2.75, 3.05) is 4.90 Å². The van der Waals surface area contributed by atoms with E-state index in [1.165, 1.54) is 0 Å². The van der Waals surface area contributed by atoms with Crippen molar-refractivity contribution < 1.29 is 4.79 Å². The lowest BCUT2D eigenvalue weighted by atomic mass is 10.0. The minimum Gasteiger partial charge on any atom is -0.347 e. The van der Waals surface area contributed by atoms with Crippen LogP contribution in [0.3, 0.4) is 0 Å². The highest BCUT2D eigenvalue weighted by Gasteiger charge is 2.28. The molecule has 0 saturated heterocycles. The van der Waals surface area contributed by atoms with Crippen LogP contribution in [0, 0.1) is 18.3 Å². The van der Waals surface area contributed by atoms with Crippen molar-refractivity contribution in [3.8, 4) is 11.8 Å². The van der Waals surface area contributed by atoms with Crippen LogP contribution in [0.4, 0.5) is 5.82 Å². The largest absolute Gasteiger partial charge is 0.347 e. The van der Waals surface area contributed by atoms with Crippen molar-refractivity contribution in [1.29, 1.82) is 5.26 Å². The summed E-state index contributed by atoms with van der Waals surface area (Å²) in [5.74, 6) is 0.257. The van der Waals surface area contributed by atoms with Crippen LogP contribution in [-0.2, 0) is 13.1 Å². The quantitative estimate of drug-likeness (QED) is 0.205. The molecule has 1 heterocycles. The van der Waals surface area contributed by atoms with Gasteiger partial charge in [0.2, 0.25) is 5.78 Å². The molecule has 0 saturated carbocycles. The molecule has 0 N–H and O–H groups in total. The van der Waals surface area contributed by atoms with Crippen molar-refractivity contribution in [3.63, 3.8) is 0 Å². The summed E-state index contributed by atoms with van der Waals surface area (Å²) >= 11 is 6.18. The molecule has 5 nitrogen and oxygen atoms in total. The Labute approximate surface area is 227 Å². The summed E-state index contributed by atoms with van der Waals surface area (Å²) < 4.78 is 1.68. The highest BCUT2D eigenvalue weighted by atomic mass is 35.5. The number of rotatable bonds is 8. The van der Waals surface area contributed by atoms with Gasteiger partial charge >= 0.3 is 0 Å². The Bertz CT molecular complexity index is 1540. The van der Waals surface area contributed by atoms with Gasteiger partial charge in [0.1, 0.15) is 11.6 Å². The zero-order valence-electron chi connectivity index (χ0n) is 20.9. The van der Waals surface area contributed by atoms with E-state index < -0.39 is 0 Å². The molecule has 0 radical (unpaired) electrons. The van der Waals surface area contributed by atoms with Gasteiger partial charge in [-0.25, -0.2) is 4.68 Å². The number of nitriles is 1. The Balaban J connectivity index is 1.70. The van der Waals surface area contributed by atoms with Crippen LogP contribution in [0.25, 0.3) is 5.69 Å². The summed E-state index contributed by atoms with van der Waals surface area (Å²) in [5, 5.41) is 15.8. The number of ketones is 1. The van der Waals surface area contributed by atoms with Crippen molar-refractivity contribution in [3.05, 3.63) is 148 Å². The van der Waals surface area contributed by atoms with Gasteiger partial charge in [-0.05, 0) is 42.3 Å². The SMILES string of the molecule is Cc1ccc(C(=O)c2nn(-c3ccc(Cl)cc3)c(N(Cc3ccccc3)Cc3ccccc3)c2C#N)cc1. The fraction of sp³-hybridized carbons (Fsp3) is 0.0938. The van der Waals surface area contributed by atoms with Crippen LogP contribution in [0.2, 0.25) is 5.02 Å². The van der Waals surface area contributed by atoms with E-state index in [4.69, 9.17) is 16.7 Å². The third-order valence-corrected chi connectivity index (χ3v) is 6.56. The van der Waals surface area contributed by atoms with Gasteiger partial charge in [-0.15, -0.1) is 0 Å². The number of anilines is 1. The fourth-order valence-electron chi connectivity index (χ4n) is 4.38. The smallest absolute Gasteiger partial charge is 0.214 e. The average molecular weight is 517 g/mol. The van der Waals surface area contributed by atoms with E-state index in [1.54, 1.807) is 28.9 Å².